The first-order valence-electron chi connectivity index (χ1n) is 9.99. The summed E-state index contributed by atoms with van der Waals surface area (Å²) in [5.41, 5.74) is 3.59. The molecule has 2 amide bonds. The van der Waals surface area contributed by atoms with Gasteiger partial charge in [0.25, 0.3) is 0 Å². The van der Waals surface area contributed by atoms with Crippen LogP contribution < -0.4 is 9.80 Å². The minimum absolute atomic E-state index is 0.0224. The van der Waals surface area contributed by atoms with E-state index in [9.17, 15) is 14.0 Å². The third-order valence-electron chi connectivity index (χ3n) is 5.40. The molecule has 1 saturated heterocycles. The summed E-state index contributed by atoms with van der Waals surface area (Å²) in [5.74, 6) is -0.291. The fourth-order valence-corrected chi connectivity index (χ4v) is 3.83. The summed E-state index contributed by atoms with van der Waals surface area (Å²) in [6.07, 6.45) is 0.270. The molecule has 6 heteroatoms. The number of carbonyl (C=O) groups excluding carboxylic acids is 2. The first-order valence-corrected chi connectivity index (χ1v) is 9.99. The van der Waals surface area contributed by atoms with Crippen molar-refractivity contribution in [2.75, 3.05) is 42.5 Å². The van der Waals surface area contributed by atoms with Gasteiger partial charge in [0, 0.05) is 51.8 Å². The number of hydrogen-bond acceptors (Lipinski definition) is 3. The highest BCUT2D eigenvalue weighted by Crippen LogP contribution is 2.23. The Hall–Kier alpha value is -2.89. The highest BCUT2D eigenvalue weighted by molar-refractivity contribution is 5.93. The number of para-hydroxylation sites is 1. The molecule has 2 aromatic rings. The van der Waals surface area contributed by atoms with Gasteiger partial charge in [0.15, 0.2) is 0 Å². The van der Waals surface area contributed by atoms with E-state index in [0.717, 1.165) is 16.8 Å². The molecule has 0 N–H and O–H groups in total. The van der Waals surface area contributed by atoms with Crippen molar-refractivity contribution >= 4 is 23.2 Å². The van der Waals surface area contributed by atoms with Gasteiger partial charge in [-0.15, -0.1) is 0 Å². The lowest BCUT2D eigenvalue weighted by Crippen LogP contribution is -2.49. The minimum Gasteiger partial charge on any atom is -0.366 e. The predicted molar refractivity (Wildman–Crippen MR) is 114 cm³/mol. The minimum atomic E-state index is -0.238. The average Bonchev–Trinajstić information content (AvgIpc) is 2.69. The molecule has 1 heterocycles. The summed E-state index contributed by atoms with van der Waals surface area (Å²) in [6.45, 7) is 8.16. The molecule has 3 rings (SSSR count). The number of aryl methyl sites for hydroxylation is 2. The van der Waals surface area contributed by atoms with Gasteiger partial charge in [0.1, 0.15) is 5.82 Å². The number of piperazine rings is 1. The van der Waals surface area contributed by atoms with Crippen LogP contribution in [0.2, 0.25) is 0 Å². The molecule has 0 unspecified atom stereocenters. The Kier molecular flexibility index (Phi) is 6.52. The molecular formula is C23H28FN3O2. The molecule has 1 aliphatic rings. The van der Waals surface area contributed by atoms with Crippen molar-refractivity contribution in [1.29, 1.82) is 0 Å². The number of hydrogen-bond donors (Lipinski definition) is 0. The fraction of sp³-hybridized carbons (Fsp3) is 0.391. The Morgan fingerprint density at radius 1 is 1.03 bits per heavy atom. The van der Waals surface area contributed by atoms with Crippen molar-refractivity contribution in [2.24, 2.45) is 0 Å². The van der Waals surface area contributed by atoms with Crippen LogP contribution in [-0.2, 0) is 9.59 Å². The van der Waals surface area contributed by atoms with Crippen LogP contribution >= 0.6 is 0 Å². The highest BCUT2D eigenvalue weighted by atomic mass is 19.1. The van der Waals surface area contributed by atoms with Gasteiger partial charge < -0.3 is 14.7 Å². The van der Waals surface area contributed by atoms with Crippen molar-refractivity contribution < 1.29 is 14.0 Å². The van der Waals surface area contributed by atoms with Gasteiger partial charge in [-0.25, -0.2) is 4.39 Å². The molecular weight excluding hydrogens is 369 g/mol. The third-order valence-corrected chi connectivity index (χ3v) is 5.40. The average molecular weight is 397 g/mol. The van der Waals surface area contributed by atoms with Crippen molar-refractivity contribution in [2.45, 2.75) is 27.2 Å². The van der Waals surface area contributed by atoms with E-state index >= 15 is 0 Å². The fourth-order valence-electron chi connectivity index (χ4n) is 3.83. The molecule has 5 nitrogen and oxygen atoms in total. The van der Waals surface area contributed by atoms with Crippen molar-refractivity contribution in [3.8, 4) is 0 Å². The lowest BCUT2D eigenvalue weighted by atomic mass is 10.1. The summed E-state index contributed by atoms with van der Waals surface area (Å²) in [4.78, 5) is 30.3. The maximum absolute atomic E-state index is 14.0. The normalized spacial score (nSPS) is 14.1. The molecule has 0 aliphatic carbocycles. The Labute approximate surface area is 171 Å². The summed E-state index contributed by atoms with van der Waals surface area (Å²) in [5, 5.41) is 0. The number of carbonyl (C=O) groups is 2. The Balaban J connectivity index is 1.57. The van der Waals surface area contributed by atoms with Gasteiger partial charge in [-0.2, -0.15) is 0 Å². The van der Waals surface area contributed by atoms with E-state index in [1.807, 2.05) is 43.0 Å². The second-order valence-electron chi connectivity index (χ2n) is 7.53. The van der Waals surface area contributed by atoms with Crippen LogP contribution in [0, 0.1) is 19.7 Å². The third kappa shape index (κ3) is 4.94. The van der Waals surface area contributed by atoms with Crippen molar-refractivity contribution in [3.05, 3.63) is 59.4 Å². The first-order chi connectivity index (χ1) is 13.9. The lowest BCUT2D eigenvalue weighted by molar-refractivity contribution is -0.131. The molecule has 0 spiro atoms. The largest absolute Gasteiger partial charge is 0.366 e. The summed E-state index contributed by atoms with van der Waals surface area (Å²) in [6, 6.07) is 12.7. The molecule has 2 aromatic carbocycles. The van der Waals surface area contributed by atoms with E-state index in [-0.39, 0.29) is 24.1 Å². The molecule has 1 aliphatic heterocycles. The summed E-state index contributed by atoms with van der Waals surface area (Å²) in [7, 11) is 0. The number of rotatable bonds is 5. The summed E-state index contributed by atoms with van der Waals surface area (Å²) >= 11 is 0. The molecule has 0 atom stereocenters. The molecule has 0 bridgehead atoms. The molecule has 29 heavy (non-hydrogen) atoms. The number of anilines is 2. The smallest absolute Gasteiger partial charge is 0.224 e. The maximum atomic E-state index is 14.0. The molecule has 0 aromatic heterocycles. The van der Waals surface area contributed by atoms with Gasteiger partial charge in [-0.1, -0.05) is 29.8 Å². The number of halogens is 1. The number of amides is 2. The van der Waals surface area contributed by atoms with Gasteiger partial charge >= 0.3 is 0 Å². The van der Waals surface area contributed by atoms with Gasteiger partial charge in [0.2, 0.25) is 11.8 Å². The predicted octanol–water partition coefficient (Wildman–Crippen LogP) is 3.53. The quantitative estimate of drug-likeness (QED) is 0.775. The van der Waals surface area contributed by atoms with E-state index in [1.54, 1.807) is 21.9 Å². The SMILES string of the molecule is CC(=O)N(CCC(=O)N1CCN(c2ccccc2F)CC1)c1ccc(C)cc1C. The lowest BCUT2D eigenvalue weighted by Gasteiger charge is -2.36. The maximum Gasteiger partial charge on any atom is 0.224 e. The van der Waals surface area contributed by atoms with Gasteiger partial charge in [0.05, 0.1) is 5.69 Å². The van der Waals surface area contributed by atoms with Crippen LogP contribution in [0.4, 0.5) is 15.8 Å². The Bertz CT molecular complexity index is 891. The van der Waals surface area contributed by atoms with Crippen molar-refractivity contribution in [1.82, 2.24) is 4.90 Å². The topological polar surface area (TPSA) is 43.9 Å². The van der Waals surface area contributed by atoms with Crippen molar-refractivity contribution in [3.63, 3.8) is 0 Å². The van der Waals surface area contributed by atoms with Gasteiger partial charge in [-0.05, 0) is 37.6 Å². The number of benzene rings is 2. The first kappa shape index (κ1) is 20.8. The molecule has 154 valence electrons. The van der Waals surface area contributed by atoms with Crippen LogP contribution in [-0.4, -0.2) is 49.4 Å². The standard InChI is InChI=1S/C23H28FN3O2/c1-17-8-9-21(18(2)16-17)27(19(3)28)11-10-23(29)26-14-12-25(13-15-26)22-7-5-4-6-20(22)24/h4-9,16H,10-15H2,1-3H3. The zero-order valence-electron chi connectivity index (χ0n) is 17.3. The highest BCUT2D eigenvalue weighted by Gasteiger charge is 2.24. The van der Waals surface area contributed by atoms with E-state index < -0.39 is 0 Å². The van der Waals surface area contributed by atoms with Crippen LogP contribution in [0.25, 0.3) is 0 Å². The zero-order valence-corrected chi connectivity index (χ0v) is 17.3. The zero-order chi connectivity index (χ0) is 21.0. The summed E-state index contributed by atoms with van der Waals surface area (Å²) < 4.78 is 14.0. The molecule has 0 radical (unpaired) electrons. The van der Waals surface area contributed by atoms with E-state index in [2.05, 4.69) is 0 Å². The van der Waals surface area contributed by atoms with E-state index in [0.29, 0.717) is 38.4 Å². The second kappa shape index (κ2) is 9.07. The van der Waals surface area contributed by atoms with E-state index in [1.165, 1.54) is 13.0 Å². The van der Waals surface area contributed by atoms with E-state index in [4.69, 9.17) is 0 Å². The second-order valence-corrected chi connectivity index (χ2v) is 7.53. The molecule has 0 saturated carbocycles. The van der Waals surface area contributed by atoms with Gasteiger partial charge in [-0.3, -0.25) is 9.59 Å². The van der Waals surface area contributed by atoms with Crippen LogP contribution in [0.15, 0.2) is 42.5 Å². The monoisotopic (exact) mass is 397 g/mol. The Morgan fingerprint density at radius 2 is 1.72 bits per heavy atom. The number of nitrogens with zero attached hydrogens (tertiary/aromatic N) is 3. The molecule has 1 fully saturated rings. The Morgan fingerprint density at radius 3 is 2.34 bits per heavy atom. The van der Waals surface area contributed by atoms with Crippen LogP contribution in [0.5, 0.6) is 0 Å². The van der Waals surface area contributed by atoms with Crippen LogP contribution in [0.3, 0.4) is 0 Å². The van der Waals surface area contributed by atoms with Crippen LogP contribution in [0.1, 0.15) is 24.5 Å².